The van der Waals surface area contributed by atoms with Gasteiger partial charge in [0.25, 0.3) is 0 Å². The molecule has 0 aliphatic carbocycles. The molecule has 5 nitrogen and oxygen atoms in total. The molecule has 1 aliphatic heterocycles. The van der Waals surface area contributed by atoms with Crippen molar-refractivity contribution in [3.05, 3.63) is 21.4 Å². The topological polar surface area (TPSA) is 50.3 Å². The monoisotopic (exact) mass is 402 g/mol. The van der Waals surface area contributed by atoms with Crippen LogP contribution in [0.2, 0.25) is 5.02 Å². The summed E-state index contributed by atoms with van der Waals surface area (Å²) < 4.78 is 19.9. The highest BCUT2D eigenvalue weighted by Gasteiger charge is 2.26. The minimum Gasteiger partial charge on any atom is -0.467 e. The molecule has 0 saturated carbocycles. The van der Waals surface area contributed by atoms with Crippen LogP contribution in [0, 0.1) is 5.82 Å². The van der Waals surface area contributed by atoms with E-state index in [0.717, 1.165) is 13.1 Å². The zero-order chi connectivity index (χ0) is 16.7. The number of rotatable bonds is 2. The number of nitrogens with one attached hydrogen (secondary N) is 1. The van der Waals surface area contributed by atoms with Crippen molar-refractivity contribution in [2.24, 2.45) is 0 Å². The van der Waals surface area contributed by atoms with Gasteiger partial charge in [-0.05, 0) is 35.8 Å². The zero-order valence-corrected chi connectivity index (χ0v) is 15.4. The Morgan fingerprint density at radius 3 is 2.61 bits per heavy atom. The summed E-state index contributed by atoms with van der Waals surface area (Å²) in [7, 11) is 1.47. The molecule has 1 N–H and O–H groups in total. The van der Waals surface area contributed by atoms with Crippen molar-refractivity contribution in [3.63, 3.8) is 0 Å². The number of halogens is 3. The maximum Gasteiger partial charge on any atom is 0.318 e. The van der Waals surface area contributed by atoms with Crippen molar-refractivity contribution in [1.29, 1.82) is 0 Å². The Morgan fingerprint density at radius 2 is 2.00 bits per heavy atom. The molecule has 0 spiro atoms. The number of methoxy groups -OCH3 is 1. The van der Waals surface area contributed by atoms with Crippen molar-refractivity contribution in [2.75, 3.05) is 25.1 Å². The SMILES string of the molecule is COc1nc(N2CC(C)NC(C)C2)c2cc(Cl)c(Br)c(F)c2n1. The average molecular weight is 404 g/mol. The number of ether oxygens (including phenoxy) is 1. The number of benzene rings is 1. The quantitative estimate of drug-likeness (QED) is 0.779. The lowest BCUT2D eigenvalue weighted by atomic mass is 10.1. The summed E-state index contributed by atoms with van der Waals surface area (Å²) in [4.78, 5) is 10.7. The van der Waals surface area contributed by atoms with E-state index in [4.69, 9.17) is 16.3 Å². The summed E-state index contributed by atoms with van der Waals surface area (Å²) in [6.45, 7) is 5.73. The molecule has 3 rings (SSSR count). The van der Waals surface area contributed by atoms with E-state index in [-0.39, 0.29) is 16.0 Å². The maximum absolute atomic E-state index is 14.6. The van der Waals surface area contributed by atoms with Gasteiger partial charge in [-0.3, -0.25) is 0 Å². The first-order valence-corrected chi connectivity index (χ1v) is 8.48. The third-order valence-corrected chi connectivity index (χ3v) is 5.13. The van der Waals surface area contributed by atoms with E-state index in [0.29, 0.717) is 28.3 Å². The number of hydrogen-bond acceptors (Lipinski definition) is 5. The predicted molar refractivity (Wildman–Crippen MR) is 93.0 cm³/mol. The molecule has 2 heterocycles. The Balaban J connectivity index is 2.22. The Morgan fingerprint density at radius 1 is 1.35 bits per heavy atom. The lowest BCUT2D eigenvalue weighted by Gasteiger charge is -2.37. The van der Waals surface area contributed by atoms with Crippen LogP contribution < -0.4 is 15.0 Å². The minimum atomic E-state index is -0.509. The molecule has 1 aromatic carbocycles. The first-order valence-electron chi connectivity index (χ1n) is 7.31. The normalized spacial score (nSPS) is 21.7. The molecule has 1 aromatic heterocycles. The summed E-state index contributed by atoms with van der Waals surface area (Å²) in [6, 6.07) is 2.42. The molecule has 0 bridgehead atoms. The molecule has 0 amide bonds. The van der Waals surface area contributed by atoms with Crippen LogP contribution in [-0.2, 0) is 0 Å². The van der Waals surface area contributed by atoms with Crippen LogP contribution in [0.1, 0.15) is 13.8 Å². The summed E-state index contributed by atoms with van der Waals surface area (Å²) in [5.74, 6) is 0.131. The molecule has 1 fully saturated rings. The van der Waals surface area contributed by atoms with Crippen LogP contribution in [-0.4, -0.2) is 42.3 Å². The third kappa shape index (κ3) is 3.09. The smallest absolute Gasteiger partial charge is 0.318 e. The summed E-state index contributed by atoms with van der Waals surface area (Å²) in [5.41, 5.74) is 0.196. The van der Waals surface area contributed by atoms with E-state index < -0.39 is 5.82 Å². The highest BCUT2D eigenvalue weighted by Crippen LogP contribution is 2.36. The minimum absolute atomic E-state index is 0.138. The van der Waals surface area contributed by atoms with E-state index in [1.807, 2.05) is 0 Å². The number of anilines is 1. The van der Waals surface area contributed by atoms with E-state index in [1.165, 1.54) is 7.11 Å². The summed E-state index contributed by atoms with van der Waals surface area (Å²) in [5, 5.41) is 4.34. The fraction of sp³-hybridized carbons (Fsp3) is 0.467. The van der Waals surface area contributed by atoms with E-state index in [1.54, 1.807) is 6.07 Å². The number of aromatic nitrogens is 2. The molecule has 8 heteroatoms. The van der Waals surface area contributed by atoms with E-state index >= 15 is 0 Å². The van der Waals surface area contributed by atoms with Crippen LogP contribution >= 0.6 is 27.5 Å². The van der Waals surface area contributed by atoms with Gasteiger partial charge in [0, 0.05) is 30.6 Å². The molecule has 124 valence electrons. The van der Waals surface area contributed by atoms with Gasteiger partial charge < -0.3 is 15.0 Å². The average Bonchev–Trinajstić information content (AvgIpc) is 2.51. The lowest BCUT2D eigenvalue weighted by molar-refractivity contribution is 0.377. The molecule has 23 heavy (non-hydrogen) atoms. The first kappa shape index (κ1) is 16.7. The van der Waals surface area contributed by atoms with Gasteiger partial charge in [0.2, 0.25) is 0 Å². The second-order valence-corrected chi connectivity index (χ2v) is 6.99. The second kappa shape index (κ2) is 6.37. The molecule has 2 aromatic rings. The Hall–Kier alpha value is -1.18. The third-order valence-electron chi connectivity index (χ3n) is 3.83. The maximum atomic E-state index is 14.6. The highest BCUT2D eigenvalue weighted by molar-refractivity contribution is 9.10. The largest absolute Gasteiger partial charge is 0.467 e. The lowest BCUT2D eigenvalue weighted by Crippen LogP contribution is -2.54. The van der Waals surface area contributed by atoms with Crippen LogP contribution in [0.15, 0.2) is 10.5 Å². The molecule has 0 radical (unpaired) electrons. The molecule has 2 atom stereocenters. The fourth-order valence-corrected chi connectivity index (χ4v) is 3.46. The molecule has 1 aliphatic rings. The van der Waals surface area contributed by atoms with Gasteiger partial charge >= 0.3 is 6.01 Å². The number of hydrogen-bond donors (Lipinski definition) is 1. The second-order valence-electron chi connectivity index (χ2n) is 5.79. The van der Waals surface area contributed by atoms with E-state index in [9.17, 15) is 4.39 Å². The Kier molecular flexibility index (Phi) is 4.62. The fourth-order valence-electron chi connectivity index (χ4n) is 2.97. The van der Waals surface area contributed by atoms with Crippen molar-refractivity contribution >= 4 is 44.3 Å². The van der Waals surface area contributed by atoms with Crippen molar-refractivity contribution in [3.8, 4) is 6.01 Å². The van der Waals surface area contributed by atoms with Crippen molar-refractivity contribution < 1.29 is 9.13 Å². The number of fused-ring (bicyclic) bond motifs is 1. The summed E-state index contributed by atoms with van der Waals surface area (Å²) in [6.07, 6.45) is 0. The van der Waals surface area contributed by atoms with Gasteiger partial charge in [-0.2, -0.15) is 9.97 Å². The van der Waals surface area contributed by atoms with E-state index in [2.05, 4.69) is 50.0 Å². The van der Waals surface area contributed by atoms with Crippen LogP contribution in [0.3, 0.4) is 0 Å². The summed E-state index contributed by atoms with van der Waals surface area (Å²) >= 11 is 9.28. The van der Waals surface area contributed by atoms with Gasteiger partial charge in [0.1, 0.15) is 11.3 Å². The van der Waals surface area contributed by atoms with Gasteiger partial charge in [0.05, 0.1) is 16.6 Å². The van der Waals surface area contributed by atoms with Gasteiger partial charge in [0.15, 0.2) is 5.82 Å². The van der Waals surface area contributed by atoms with Crippen LogP contribution in [0.5, 0.6) is 6.01 Å². The van der Waals surface area contributed by atoms with Crippen LogP contribution in [0.4, 0.5) is 10.2 Å². The molecular weight excluding hydrogens is 387 g/mol. The van der Waals surface area contributed by atoms with Crippen LogP contribution in [0.25, 0.3) is 10.9 Å². The highest BCUT2D eigenvalue weighted by atomic mass is 79.9. The zero-order valence-electron chi connectivity index (χ0n) is 13.0. The van der Waals surface area contributed by atoms with Crippen molar-refractivity contribution in [1.82, 2.24) is 15.3 Å². The van der Waals surface area contributed by atoms with Gasteiger partial charge in [-0.1, -0.05) is 11.6 Å². The number of nitrogens with zero attached hydrogens (tertiary/aromatic N) is 3. The first-order chi connectivity index (χ1) is 10.9. The number of piperazine rings is 1. The van der Waals surface area contributed by atoms with Gasteiger partial charge in [-0.25, -0.2) is 4.39 Å². The van der Waals surface area contributed by atoms with Crippen molar-refractivity contribution in [2.45, 2.75) is 25.9 Å². The Bertz CT molecular complexity index is 750. The molecular formula is C15H17BrClFN4O. The standard InChI is InChI=1S/C15H17BrClFN4O/c1-7-5-22(6-8(2)19-7)14-9-4-10(17)11(16)12(18)13(9)20-15(21-14)23-3/h4,7-8,19H,5-6H2,1-3H3. The predicted octanol–water partition coefficient (Wildman–Crippen LogP) is 3.38. The molecule has 2 unspecified atom stereocenters. The van der Waals surface area contributed by atoms with Gasteiger partial charge in [-0.15, -0.1) is 0 Å². The Labute approximate surface area is 147 Å². The molecule has 1 saturated heterocycles.